The lowest BCUT2D eigenvalue weighted by atomic mass is 10.1. The van der Waals surface area contributed by atoms with E-state index in [0.29, 0.717) is 11.2 Å². The maximum absolute atomic E-state index is 14.2. The summed E-state index contributed by atoms with van der Waals surface area (Å²) in [6.07, 6.45) is 0.829. The van der Waals surface area contributed by atoms with Crippen LogP contribution in [0.5, 0.6) is 0 Å². The van der Waals surface area contributed by atoms with Crippen LogP contribution in [0, 0.1) is 13.8 Å². The lowest BCUT2D eigenvalue weighted by Crippen LogP contribution is -2.31. The van der Waals surface area contributed by atoms with Crippen molar-refractivity contribution in [3.8, 4) is 5.69 Å². The van der Waals surface area contributed by atoms with E-state index < -0.39 is 40.6 Å². The van der Waals surface area contributed by atoms with Gasteiger partial charge in [0.05, 0.1) is 45.4 Å². The minimum Gasteiger partial charge on any atom is -0.383 e. The summed E-state index contributed by atoms with van der Waals surface area (Å²) in [5, 5.41) is 4.57. The van der Waals surface area contributed by atoms with Crippen molar-refractivity contribution in [1.29, 1.82) is 0 Å². The number of nitrogens with two attached hydrogens (primary N) is 1. The number of aryl methyl sites for hydroxylation is 2. The molecule has 3 N–H and O–H groups in total. The Labute approximate surface area is 261 Å². The maximum Gasteiger partial charge on any atom is 0.268 e. The first-order valence-corrected chi connectivity index (χ1v) is 15.8. The van der Waals surface area contributed by atoms with Gasteiger partial charge in [-0.3, -0.25) is 9.59 Å². The van der Waals surface area contributed by atoms with Crippen LogP contribution >= 0.6 is 0 Å². The van der Waals surface area contributed by atoms with Crippen LogP contribution in [0.15, 0.2) is 77.8 Å². The first-order chi connectivity index (χ1) is 21.8. The highest BCUT2D eigenvalue weighted by atomic mass is 32.2. The Hall–Kier alpha value is -5.37. The standard InChI is InChI=1S/C32H27F2N7O4S/c1-18-3-7-23(8-4-18)46(44,45)41-27-10-5-20(31(43)39-12-11-32(33,34)17-39)13-21(27)14-28(41)29(42)24-16-36-40(30(24)35)22-6-9-25-26(15-22)38-19(2)37-25/h3-10,13-16H,11-12,17,35H2,1-2H3,(H,37,38). The normalized spacial score (nSPS) is 14.8. The van der Waals surface area contributed by atoms with E-state index in [1.165, 1.54) is 47.3 Å². The number of alkyl halides is 2. The van der Waals surface area contributed by atoms with Gasteiger partial charge in [-0.25, -0.2) is 30.8 Å². The molecule has 0 aliphatic carbocycles. The fourth-order valence-corrected chi connectivity index (χ4v) is 7.29. The van der Waals surface area contributed by atoms with Gasteiger partial charge in [-0.05, 0) is 68.4 Å². The lowest BCUT2D eigenvalue weighted by molar-refractivity contribution is 0.0120. The van der Waals surface area contributed by atoms with E-state index in [-0.39, 0.29) is 45.0 Å². The third kappa shape index (κ3) is 4.81. The summed E-state index contributed by atoms with van der Waals surface area (Å²) in [4.78, 5) is 35.8. The summed E-state index contributed by atoms with van der Waals surface area (Å²) in [6, 6.07) is 17.0. The van der Waals surface area contributed by atoms with Crippen LogP contribution in [0.2, 0.25) is 0 Å². The van der Waals surface area contributed by atoms with Gasteiger partial charge >= 0.3 is 0 Å². The molecule has 4 heterocycles. The van der Waals surface area contributed by atoms with Crippen LogP contribution in [0.3, 0.4) is 0 Å². The molecule has 1 fully saturated rings. The molecule has 3 aromatic carbocycles. The Balaban J connectivity index is 1.35. The first kappa shape index (κ1) is 29.3. The van der Waals surface area contributed by atoms with Crippen molar-refractivity contribution in [3.63, 3.8) is 0 Å². The van der Waals surface area contributed by atoms with Crippen LogP contribution in [0.25, 0.3) is 27.6 Å². The number of nitrogen functional groups attached to an aromatic ring is 1. The SMILES string of the molecule is Cc1ccc(S(=O)(=O)n2c(C(=O)c3cnn(-c4ccc5[nH]c(C)nc5c4)c3N)cc3cc(C(=O)N4CCC(F)(F)C4)ccc32)cc1. The van der Waals surface area contributed by atoms with Gasteiger partial charge in [0.2, 0.25) is 5.78 Å². The molecule has 0 saturated carbocycles. The molecule has 11 nitrogen and oxygen atoms in total. The quantitative estimate of drug-likeness (QED) is 0.247. The summed E-state index contributed by atoms with van der Waals surface area (Å²) in [5.74, 6) is -3.61. The smallest absolute Gasteiger partial charge is 0.268 e. The van der Waals surface area contributed by atoms with Crippen LogP contribution in [-0.4, -0.2) is 67.7 Å². The molecule has 7 rings (SSSR count). The summed E-state index contributed by atoms with van der Waals surface area (Å²) in [7, 11) is -4.35. The zero-order valence-electron chi connectivity index (χ0n) is 24.7. The molecular formula is C32H27F2N7O4S. The Kier molecular flexibility index (Phi) is 6.60. The summed E-state index contributed by atoms with van der Waals surface area (Å²) in [5.41, 5.74) is 9.23. The summed E-state index contributed by atoms with van der Waals surface area (Å²) >= 11 is 0. The van der Waals surface area contributed by atoms with Crippen molar-refractivity contribution in [2.24, 2.45) is 0 Å². The molecule has 1 amide bonds. The van der Waals surface area contributed by atoms with Crippen LogP contribution < -0.4 is 5.73 Å². The largest absolute Gasteiger partial charge is 0.383 e. The highest BCUT2D eigenvalue weighted by molar-refractivity contribution is 7.90. The molecule has 0 radical (unpaired) electrons. The second kappa shape index (κ2) is 10.3. The highest BCUT2D eigenvalue weighted by Crippen LogP contribution is 2.32. The average Bonchev–Trinajstić information content (AvgIpc) is 3.78. The topological polar surface area (TPSA) is 149 Å². The van der Waals surface area contributed by atoms with Crippen molar-refractivity contribution in [3.05, 3.63) is 101 Å². The van der Waals surface area contributed by atoms with Crippen molar-refractivity contribution >= 4 is 49.5 Å². The lowest BCUT2D eigenvalue weighted by Gasteiger charge is -2.16. The van der Waals surface area contributed by atoms with Gasteiger partial charge in [0.25, 0.3) is 21.9 Å². The monoisotopic (exact) mass is 643 g/mol. The maximum atomic E-state index is 14.2. The number of nitrogens with zero attached hydrogens (tertiary/aromatic N) is 5. The van der Waals surface area contributed by atoms with Gasteiger partial charge in [-0.2, -0.15) is 5.10 Å². The molecular weight excluding hydrogens is 616 g/mol. The number of imidazole rings is 1. The fraction of sp³-hybridized carbons (Fsp3) is 0.188. The van der Waals surface area contributed by atoms with Crippen molar-refractivity contribution < 1.29 is 26.8 Å². The number of hydrogen-bond acceptors (Lipinski definition) is 7. The number of halogens is 2. The zero-order chi connectivity index (χ0) is 32.5. The van der Waals surface area contributed by atoms with Gasteiger partial charge in [-0.15, -0.1) is 0 Å². The average molecular weight is 644 g/mol. The van der Waals surface area contributed by atoms with E-state index in [1.54, 1.807) is 24.3 Å². The number of H-pyrrole nitrogens is 1. The van der Waals surface area contributed by atoms with E-state index >= 15 is 0 Å². The van der Waals surface area contributed by atoms with Crippen LogP contribution in [0.4, 0.5) is 14.6 Å². The van der Waals surface area contributed by atoms with Gasteiger partial charge < -0.3 is 15.6 Å². The molecule has 3 aromatic heterocycles. The van der Waals surface area contributed by atoms with Gasteiger partial charge in [0.1, 0.15) is 17.3 Å². The molecule has 1 saturated heterocycles. The van der Waals surface area contributed by atoms with E-state index in [0.717, 1.165) is 25.8 Å². The number of rotatable bonds is 6. The molecule has 0 bridgehead atoms. The van der Waals surface area contributed by atoms with Crippen molar-refractivity contribution in [2.45, 2.75) is 31.1 Å². The number of fused-ring (bicyclic) bond motifs is 2. The number of ketones is 1. The predicted octanol–water partition coefficient (Wildman–Crippen LogP) is 4.85. The number of aromatic nitrogens is 5. The number of hydrogen-bond donors (Lipinski definition) is 2. The zero-order valence-corrected chi connectivity index (χ0v) is 25.5. The molecule has 234 valence electrons. The second-order valence-corrected chi connectivity index (χ2v) is 13.2. The number of benzene rings is 3. The van der Waals surface area contributed by atoms with Crippen LogP contribution in [0.1, 0.15) is 44.2 Å². The molecule has 1 aliphatic heterocycles. The Morgan fingerprint density at radius 2 is 1.76 bits per heavy atom. The number of anilines is 1. The third-order valence-corrected chi connectivity index (χ3v) is 9.88. The van der Waals surface area contributed by atoms with E-state index in [4.69, 9.17) is 5.73 Å². The van der Waals surface area contributed by atoms with Crippen molar-refractivity contribution in [1.82, 2.24) is 28.6 Å². The minimum atomic E-state index is -4.35. The number of nitrogens with one attached hydrogen (secondary N) is 1. The summed E-state index contributed by atoms with van der Waals surface area (Å²) in [6.45, 7) is 2.83. The number of amides is 1. The predicted molar refractivity (Wildman–Crippen MR) is 167 cm³/mol. The van der Waals surface area contributed by atoms with Gasteiger partial charge in [-0.1, -0.05) is 17.7 Å². The number of likely N-dealkylation sites (tertiary alicyclic amines) is 1. The molecule has 6 aromatic rings. The number of aromatic amines is 1. The fourth-order valence-electron chi connectivity index (χ4n) is 5.78. The molecule has 0 atom stereocenters. The highest BCUT2D eigenvalue weighted by Gasteiger charge is 2.40. The third-order valence-electron chi connectivity index (χ3n) is 8.13. The molecule has 1 aliphatic rings. The Morgan fingerprint density at radius 1 is 1.00 bits per heavy atom. The second-order valence-electron chi connectivity index (χ2n) is 11.4. The Morgan fingerprint density at radius 3 is 2.48 bits per heavy atom. The van der Waals surface area contributed by atoms with Crippen LogP contribution in [-0.2, 0) is 10.0 Å². The van der Waals surface area contributed by atoms with E-state index in [9.17, 15) is 26.8 Å². The number of carbonyl (C=O) groups excluding carboxylic acids is 2. The molecule has 46 heavy (non-hydrogen) atoms. The molecule has 14 heteroatoms. The summed E-state index contributed by atoms with van der Waals surface area (Å²) < 4.78 is 58.2. The molecule has 0 unspecified atom stereocenters. The van der Waals surface area contributed by atoms with E-state index in [2.05, 4.69) is 15.1 Å². The first-order valence-electron chi connectivity index (χ1n) is 14.3. The van der Waals surface area contributed by atoms with Gasteiger partial charge in [0.15, 0.2) is 0 Å². The Bertz CT molecular complexity index is 2320. The van der Waals surface area contributed by atoms with E-state index in [1.807, 2.05) is 19.9 Å². The van der Waals surface area contributed by atoms with Gasteiger partial charge in [0, 0.05) is 23.9 Å². The number of carbonyl (C=O) groups is 2. The van der Waals surface area contributed by atoms with Crippen molar-refractivity contribution in [2.75, 3.05) is 18.8 Å². The minimum absolute atomic E-state index is 0.0213. The molecule has 0 spiro atoms.